The molecule has 0 aromatic heterocycles. The van der Waals surface area contributed by atoms with Gasteiger partial charge in [0.25, 0.3) is 0 Å². The van der Waals surface area contributed by atoms with Gasteiger partial charge in [-0.25, -0.2) is 0 Å². The molecule has 98 valence electrons. The molecule has 2 rings (SSSR count). The van der Waals surface area contributed by atoms with Crippen molar-refractivity contribution in [1.29, 1.82) is 5.26 Å². The van der Waals surface area contributed by atoms with E-state index >= 15 is 0 Å². The highest BCUT2D eigenvalue weighted by molar-refractivity contribution is 8.03. The van der Waals surface area contributed by atoms with Gasteiger partial charge in [0.05, 0.1) is 0 Å². The summed E-state index contributed by atoms with van der Waals surface area (Å²) in [5.74, 6) is -1.09. The molecule has 1 aromatic carbocycles. The number of thiocyanates is 1. The van der Waals surface area contributed by atoms with Crippen LogP contribution in [0, 0.1) is 10.7 Å². The fraction of sp³-hybridized carbons (Fsp3) is 0.308. The summed E-state index contributed by atoms with van der Waals surface area (Å²) >= 11 is 1.05. The molecule has 6 heteroatoms. The lowest BCUT2D eigenvalue weighted by atomic mass is 10.3. The zero-order chi connectivity index (χ0) is 13.7. The molecule has 1 heterocycles. The van der Waals surface area contributed by atoms with Crippen LogP contribution < -0.4 is 5.32 Å². The fourth-order valence-corrected chi connectivity index (χ4v) is 2.28. The van der Waals surface area contributed by atoms with E-state index in [1.165, 1.54) is 0 Å². The number of nitriles is 1. The van der Waals surface area contributed by atoms with Crippen molar-refractivity contribution in [1.82, 2.24) is 4.90 Å². The van der Waals surface area contributed by atoms with Gasteiger partial charge in [-0.15, -0.1) is 0 Å². The molecular weight excluding hydrogens is 262 g/mol. The minimum Gasteiger partial charge on any atom is -0.334 e. The standard InChI is InChI=1S/C13H13N3O2S/c14-9-19-11-5-3-10(4-6-11)15-12(17)13(18)16-7-1-2-8-16/h3-6H,1-2,7-8H2,(H,15,17). The maximum Gasteiger partial charge on any atom is 0.313 e. The number of nitrogens with zero attached hydrogens (tertiary/aromatic N) is 2. The number of benzene rings is 1. The van der Waals surface area contributed by atoms with Crippen LogP contribution in [0.15, 0.2) is 29.2 Å². The van der Waals surface area contributed by atoms with Crippen LogP contribution in [0.25, 0.3) is 0 Å². The molecule has 1 aliphatic heterocycles. The van der Waals surface area contributed by atoms with E-state index in [9.17, 15) is 9.59 Å². The van der Waals surface area contributed by atoms with Crippen molar-refractivity contribution in [2.45, 2.75) is 17.7 Å². The number of rotatable bonds is 2. The summed E-state index contributed by atoms with van der Waals surface area (Å²) in [6, 6.07) is 6.80. The van der Waals surface area contributed by atoms with Gasteiger partial charge >= 0.3 is 11.8 Å². The van der Waals surface area contributed by atoms with Gasteiger partial charge < -0.3 is 10.2 Å². The topological polar surface area (TPSA) is 73.2 Å². The summed E-state index contributed by atoms with van der Waals surface area (Å²) in [5.41, 5.74) is 0.555. The third-order valence-electron chi connectivity index (χ3n) is 2.86. The summed E-state index contributed by atoms with van der Waals surface area (Å²) in [6.07, 6.45) is 1.91. The van der Waals surface area contributed by atoms with Crippen molar-refractivity contribution in [3.05, 3.63) is 24.3 Å². The highest BCUT2D eigenvalue weighted by Gasteiger charge is 2.24. The number of likely N-dealkylation sites (tertiary alicyclic amines) is 1. The molecule has 1 fully saturated rings. The predicted molar refractivity (Wildman–Crippen MR) is 72.4 cm³/mol. The Labute approximate surface area is 115 Å². The van der Waals surface area contributed by atoms with Gasteiger partial charge in [0.2, 0.25) is 0 Å². The van der Waals surface area contributed by atoms with Gasteiger partial charge in [-0.05, 0) is 48.9 Å². The first-order valence-electron chi connectivity index (χ1n) is 5.97. The highest BCUT2D eigenvalue weighted by Crippen LogP contribution is 2.19. The molecule has 1 saturated heterocycles. The van der Waals surface area contributed by atoms with Gasteiger partial charge in [-0.3, -0.25) is 9.59 Å². The van der Waals surface area contributed by atoms with E-state index < -0.39 is 11.8 Å². The first-order chi connectivity index (χ1) is 9.20. The average Bonchev–Trinajstić information content (AvgIpc) is 2.94. The molecule has 0 spiro atoms. The number of carbonyl (C=O) groups is 2. The molecule has 0 bridgehead atoms. The van der Waals surface area contributed by atoms with Crippen molar-refractivity contribution < 1.29 is 9.59 Å². The molecule has 19 heavy (non-hydrogen) atoms. The third kappa shape index (κ3) is 3.48. The normalized spacial score (nSPS) is 13.9. The molecule has 0 atom stereocenters. The molecule has 5 nitrogen and oxygen atoms in total. The molecule has 2 amide bonds. The van der Waals surface area contributed by atoms with E-state index in [-0.39, 0.29) is 0 Å². The SMILES string of the molecule is N#CSc1ccc(NC(=O)C(=O)N2CCCC2)cc1. The smallest absolute Gasteiger partial charge is 0.313 e. The van der Waals surface area contributed by atoms with Crippen molar-refractivity contribution >= 4 is 29.3 Å². The lowest BCUT2D eigenvalue weighted by Gasteiger charge is -2.14. The van der Waals surface area contributed by atoms with Crippen LogP contribution in [-0.2, 0) is 9.59 Å². The Morgan fingerprint density at radius 1 is 1.21 bits per heavy atom. The van der Waals surface area contributed by atoms with Crippen LogP contribution in [0.5, 0.6) is 0 Å². The Morgan fingerprint density at radius 3 is 2.42 bits per heavy atom. The lowest BCUT2D eigenvalue weighted by molar-refractivity contribution is -0.142. The Hall–Kier alpha value is -2.00. The van der Waals surface area contributed by atoms with E-state index in [4.69, 9.17) is 5.26 Å². The largest absolute Gasteiger partial charge is 0.334 e. The Bertz CT molecular complexity index is 516. The van der Waals surface area contributed by atoms with Crippen LogP contribution in [0.3, 0.4) is 0 Å². The van der Waals surface area contributed by atoms with Crippen molar-refractivity contribution in [3.63, 3.8) is 0 Å². The minimum atomic E-state index is -0.609. The Kier molecular flexibility index (Phi) is 4.42. The highest BCUT2D eigenvalue weighted by atomic mass is 32.2. The van der Waals surface area contributed by atoms with Gasteiger partial charge in [-0.1, -0.05) is 0 Å². The maximum absolute atomic E-state index is 11.8. The minimum absolute atomic E-state index is 0.479. The monoisotopic (exact) mass is 275 g/mol. The van der Waals surface area contributed by atoms with Crippen LogP contribution in [0.2, 0.25) is 0 Å². The predicted octanol–water partition coefficient (Wildman–Crippen LogP) is 1.82. The number of nitrogens with one attached hydrogen (secondary N) is 1. The molecule has 1 aliphatic rings. The van der Waals surface area contributed by atoms with Gasteiger partial charge in [0, 0.05) is 23.7 Å². The zero-order valence-electron chi connectivity index (χ0n) is 10.3. The summed E-state index contributed by atoms with van der Waals surface area (Å²) in [5, 5.41) is 13.1. The van der Waals surface area contributed by atoms with Crippen molar-refractivity contribution in [3.8, 4) is 5.40 Å². The number of hydrogen-bond donors (Lipinski definition) is 1. The Balaban J connectivity index is 1.94. The number of anilines is 1. The van der Waals surface area contributed by atoms with Crippen LogP contribution in [-0.4, -0.2) is 29.8 Å². The Morgan fingerprint density at radius 2 is 1.84 bits per heavy atom. The second kappa shape index (κ2) is 6.25. The van der Waals surface area contributed by atoms with Crippen LogP contribution in [0.4, 0.5) is 5.69 Å². The number of hydrogen-bond acceptors (Lipinski definition) is 4. The maximum atomic E-state index is 11.8. The molecule has 1 aromatic rings. The quantitative estimate of drug-likeness (QED) is 0.507. The second-order valence-electron chi connectivity index (χ2n) is 4.17. The fourth-order valence-electron chi connectivity index (χ4n) is 1.91. The van der Waals surface area contributed by atoms with Crippen LogP contribution in [0.1, 0.15) is 12.8 Å². The van der Waals surface area contributed by atoms with Crippen LogP contribution >= 0.6 is 11.8 Å². The molecule has 0 radical (unpaired) electrons. The number of thioether (sulfide) groups is 1. The van der Waals surface area contributed by atoms with Gasteiger partial charge in [-0.2, -0.15) is 5.26 Å². The van der Waals surface area contributed by atoms with E-state index in [1.54, 1.807) is 29.2 Å². The number of carbonyl (C=O) groups excluding carboxylic acids is 2. The summed E-state index contributed by atoms with van der Waals surface area (Å²) in [6.45, 7) is 1.31. The molecule has 0 unspecified atom stereocenters. The average molecular weight is 275 g/mol. The van der Waals surface area contributed by atoms with E-state index in [0.29, 0.717) is 18.8 Å². The van der Waals surface area contributed by atoms with Crippen molar-refractivity contribution in [2.24, 2.45) is 0 Å². The lowest BCUT2D eigenvalue weighted by Crippen LogP contribution is -2.37. The molecule has 0 saturated carbocycles. The zero-order valence-corrected chi connectivity index (χ0v) is 11.1. The van der Waals surface area contributed by atoms with E-state index in [1.807, 2.05) is 5.40 Å². The first kappa shape index (κ1) is 13.4. The van der Waals surface area contributed by atoms with E-state index in [0.717, 1.165) is 29.5 Å². The number of amides is 2. The summed E-state index contributed by atoms with van der Waals surface area (Å²) in [7, 11) is 0. The molecule has 0 aliphatic carbocycles. The van der Waals surface area contributed by atoms with E-state index in [2.05, 4.69) is 5.32 Å². The third-order valence-corrected chi connectivity index (χ3v) is 3.46. The molecule has 1 N–H and O–H groups in total. The van der Waals surface area contributed by atoms with Crippen molar-refractivity contribution in [2.75, 3.05) is 18.4 Å². The van der Waals surface area contributed by atoms with Gasteiger partial charge in [0.15, 0.2) is 0 Å². The molecular formula is C13H13N3O2S. The summed E-state index contributed by atoms with van der Waals surface area (Å²) in [4.78, 5) is 25.9. The second-order valence-corrected chi connectivity index (χ2v) is 5.03. The first-order valence-corrected chi connectivity index (χ1v) is 6.78. The summed E-state index contributed by atoms with van der Waals surface area (Å²) < 4.78 is 0. The van der Waals surface area contributed by atoms with Gasteiger partial charge in [0.1, 0.15) is 5.40 Å².